The number of piperazine rings is 1. The highest BCUT2D eigenvalue weighted by molar-refractivity contribution is 5.16. The fourth-order valence-electron chi connectivity index (χ4n) is 3.23. The van der Waals surface area contributed by atoms with Gasteiger partial charge in [0.15, 0.2) is 0 Å². The van der Waals surface area contributed by atoms with E-state index in [4.69, 9.17) is 0 Å². The quantitative estimate of drug-likeness (QED) is 0.838. The molecule has 1 saturated heterocycles. The maximum Gasteiger partial charge on any atom is 0.0473 e. The van der Waals surface area contributed by atoms with E-state index in [1.165, 1.54) is 11.1 Å². The first kappa shape index (κ1) is 17.0. The Morgan fingerprint density at radius 3 is 2.33 bits per heavy atom. The van der Waals surface area contributed by atoms with Gasteiger partial charge in [-0.2, -0.15) is 0 Å². The number of nitrogens with one attached hydrogen (secondary N) is 1. The molecule has 24 heavy (non-hydrogen) atoms. The van der Waals surface area contributed by atoms with Gasteiger partial charge in [0.2, 0.25) is 0 Å². The first-order valence-corrected chi connectivity index (χ1v) is 8.75. The average Bonchev–Trinajstić information content (AvgIpc) is 2.66. The Bertz CT molecular complexity index is 583. The summed E-state index contributed by atoms with van der Waals surface area (Å²) in [5, 5.41) is 3.43. The van der Waals surface area contributed by atoms with Crippen molar-refractivity contribution in [1.29, 1.82) is 0 Å². The van der Waals surface area contributed by atoms with Gasteiger partial charge in [-0.15, -0.1) is 0 Å². The van der Waals surface area contributed by atoms with Gasteiger partial charge in [-0.1, -0.05) is 0 Å². The molecule has 3 heterocycles. The minimum atomic E-state index is 0.396. The maximum absolute atomic E-state index is 4.18. The SMILES string of the molecule is CN(CCc1ccncc1)C(CN1CCNCC1)c1ccncc1. The first-order valence-electron chi connectivity index (χ1n) is 8.75. The predicted octanol–water partition coefficient (Wildman–Crippen LogP) is 1.60. The lowest BCUT2D eigenvalue weighted by atomic mass is 10.1. The highest BCUT2D eigenvalue weighted by Crippen LogP contribution is 2.21. The van der Waals surface area contributed by atoms with Gasteiger partial charge in [0.1, 0.15) is 0 Å². The topological polar surface area (TPSA) is 44.3 Å². The Kier molecular flexibility index (Phi) is 6.29. The standard InChI is InChI=1S/C19H27N5/c1-23(13-6-17-2-7-20-8-3-17)19(18-4-9-21-10-5-18)16-24-14-11-22-12-15-24/h2-5,7-10,19,22H,6,11-16H2,1H3. The normalized spacial score (nSPS) is 17.1. The van der Waals surface area contributed by atoms with Gasteiger partial charge in [-0.05, 0) is 48.9 Å². The molecule has 1 aliphatic rings. The second kappa shape index (κ2) is 8.87. The van der Waals surface area contributed by atoms with E-state index in [0.717, 1.165) is 45.7 Å². The summed E-state index contributed by atoms with van der Waals surface area (Å²) in [4.78, 5) is 13.3. The molecule has 0 radical (unpaired) electrons. The molecule has 3 rings (SSSR count). The zero-order chi connectivity index (χ0) is 16.6. The molecule has 2 aromatic heterocycles. The summed E-state index contributed by atoms with van der Waals surface area (Å²) in [7, 11) is 2.23. The maximum atomic E-state index is 4.18. The van der Waals surface area contributed by atoms with Crippen LogP contribution < -0.4 is 5.32 Å². The molecule has 128 valence electrons. The summed E-state index contributed by atoms with van der Waals surface area (Å²) in [6, 6.07) is 8.90. The molecule has 1 N–H and O–H groups in total. The Balaban J connectivity index is 1.66. The van der Waals surface area contributed by atoms with E-state index in [0.29, 0.717) is 6.04 Å². The molecule has 1 aliphatic heterocycles. The smallest absolute Gasteiger partial charge is 0.0473 e. The minimum Gasteiger partial charge on any atom is -0.314 e. The van der Waals surface area contributed by atoms with Crippen molar-refractivity contribution in [3.8, 4) is 0 Å². The number of rotatable bonds is 7. The van der Waals surface area contributed by atoms with Crippen LogP contribution in [-0.2, 0) is 6.42 Å². The first-order chi connectivity index (χ1) is 11.8. The lowest BCUT2D eigenvalue weighted by Gasteiger charge is -2.35. The van der Waals surface area contributed by atoms with Crippen LogP contribution in [0.5, 0.6) is 0 Å². The fourth-order valence-corrected chi connectivity index (χ4v) is 3.23. The number of likely N-dealkylation sites (N-methyl/N-ethyl adjacent to an activating group) is 1. The third-order valence-electron chi connectivity index (χ3n) is 4.77. The van der Waals surface area contributed by atoms with Crippen LogP contribution in [0, 0.1) is 0 Å². The number of pyridine rings is 2. The van der Waals surface area contributed by atoms with Gasteiger partial charge < -0.3 is 5.32 Å². The van der Waals surface area contributed by atoms with Gasteiger partial charge in [-0.25, -0.2) is 0 Å². The van der Waals surface area contributed by atoms with Crippen molar-refractivity contribution in [3.63, 3.8) is 0 Å². The van der Waals surface area contributed by atoms with Crippen LogP contribution in [0.15, 0.2) is 49.1 Å². The Morgan fingerprint density at radius 2 is 1.67 bits per heavy atom. The monoisotopic (exact) mass is 325 g/mol. The van der Waals surface area contributed by atoms with Gasteiger partial charge in [0.05, 0.1) is 0 Å². The lowest BCUT2D eigenvalue weighted by molar-refractivity contribution is 0.151. The zero-order valence-electron chi connectivity index (χ0n) is 14.4. The molecule has 5 heteroatoms. The summed E-state index contributed by atoms with van der Waals surface area (Å²) in [5.41, 5.74) is 2.69. The van der Waals surface area contributed by atoms with Crippen LogP contribution >= 0.6 is 0 Å². The molecular weight excluding hydrogens is 298 g/mol. The number of nitrogens with zero attached hydrogens (tertiary/aromatic N) is 4. The Morgan fingerprint density at radius 1 is 1.04 bits per heavy atom. The Labute approximate surface area is 144 Å². The molecule has 0 aromatic carbocycles. The van der Waals surface area contributed by atoms with Crippen molar-refractivity contribution in [3.05, 3.63) is 60.2 Å². The van der Waals surface area contributed by atoms with Gasteiger partial charge in [0, 0.05) is 70.1 Å². The predicted molar refractivity (Wildman–Crippen MR) is 96.9 cm³/mol. The zero-order valence-corrected chi connectivity index (χ0v) is 14.4. The summed E-state index contributed by atoms with van der Waals surface area (Å²) in [6.45, 7) is 6.52. The summed E-state index contributed by atoms with van der Waals surface area (Å²) in [5.74, 6) is 0. The van der Waals surface area contributed by atoms with Crippen molar-refractivity contribution < 1.29 is 0 Å². The van der Waals surface area contributed by atoms with Crippen molar-refractivity contribution in [2.24, 2.45) is 0 Å². The summed E-state index contributed by atoms with van der Waals surface area (Å²) in [6.07, 6.45) is 8.59. The third-order valence-corrected chi connectivity index (χ3v) is 4.77. The van der Waals surface area contributed by atoms with Crippen LogP contribution in [0.1, 0.15) is 17.2 Å². The molecule has 0 spiro atoms. The minimum absolute atomic E-state index is 0.396. The number of hydrogen-bond acceptors (Lipinski definition) is 5. The van der Waals surface area contributed by atoms with Gasteiger partial charge in [0.25, 0.3) is 0 Å². The van der Waals surface area contributed by atoms with E-state index in [9.17, 15) is 0 Å². The fraction of sp³-hybridized carbons (Fsp3) is 0.474. The van der Waals surface area contributed by atoms with Crippen molar-refractivity contribution >= 4 is 0 Å². The third kappa shape index (κ3) is 4.84. The number of aromatic nitrogens is 2. The molecule has 0 bridgehead atoms. The highest BCUT2D eigenvalue weighted by Gasteiger charge is 2.21. The Hall–Kier alpha value is -1.82. The molecular formula is C19H27N5. The van der Waals surface area contributed by atoms with E-state index in [1.54, 1.807) is 0 Å². The van der Waals surface area contributed by atoms with Crippen LogP contribution in [0.3, 0.4) is 0 Å². The second-order valence-corrected chi connectivity index (χ2v) is 6.43. The second-order valence-electron chi connectivity index (χ2n) is 6.43. The van der Waals surface area contributed by atoms with Crippen LogP contribution in [0.4, 0.5) is 0 Å². The largest absolute Gasteiger partial charge is 0.314 e. The number of hydrogen-bond donors (Lipinski definition) is 1. The molecule has 5 nitrogen and oxygen atoms in total. The van der Waals surface area contributed by atoms with E-state index in [-0.39, 0.29) is 0 Å². The van der Waals surface area contributed by atoms with E-state index in [1.807, 2.05) is 24.8 Å². The highest BCUT2D eigenvalue weighted by atomic mass is 15.2. The molecule has 1 atom stereocenters. The van der Waals surface area contributed by atoms with E-state index < -0.39 is 0 Å². The van der Waals surface area contributed by atoms with Crippen molar-refractivity contribution in [1.82, 2.24) is 25.1 Å². The molecule has 0 saturated carbocycles. The van der Waals surface area contributed by atoms with Crippen molar-refractivity contribution in [2.45, 2.75) is 12.5 Å². The average molecular weight is 325 g/mol. The van der Waals surface area contributed by atoms with Crippen molar-refractivity contribution in [2.75, 3.05) is 46.3 Å². The summed E-state index contributed by atoms with van der Waals surface area (Å²) >= 11 is 0. The summed E-state index contributed by atoms with van der Waals surface area (Å²) < 4.78 is 0. The van der Waals surface area contributed by atoms with Crippen LogP contribution in [0.2, 0.25) is 0 Å². The molecule has 1 fully saturated rings. The van der Waals surface area contributed by atoms with Gasteiger partial charge in [-0.3, -0.25) is 19.8 Å². The van der Waals surface area contributed by atoms with Crippen LogP contribution in [0.25, 0.3) is 0 Å². The molecule has 1 unspecified atom stereocenters. The molecule has 2 aromatic rings. The van der Waals surface area contributed by atoms with Crippen LogP contribution in [-0.4, -0.2) is 66.1 Å². The molecule has 0 amide bonds. The van der Waals surface area contributed by atoms with Gasteiger partial charge >= 0.3 is 0 Å². The lowest BCUT2D eigenvalue weighted by Crippen LogP contribution is -2.47. The van der Waals surface area contributed by atoms with E-state index >= 15 is 0 Å². The van der Waals surface area contributed by atoms with E-state index in [2.05, 4.69) is 56.4 Å². The molecule has 0 aliphatic carbocycles.